The number of benzene rings is 1. The molecule has 0 atom stereocenters. The Labute approximate surface area is 123 Å². The molecule has 0 saturated heterocycles. The molecule has 1 rings (SSSR count). The van der Waals surface area contributed by atoms with Crippen molar-refractivity contribution < 1.29 is 14.3 Å². The summed E-state index contributed by atoms with van der Waals surface area (Å²) < 4.78 is 5.13. The van der Waals surface area contributed by atoms with Gasteiger partial charge >= 0.3 is 6.09 Å². The maximum Gasteiger partial charge on any atom is 0.412 e. The molecule has 1 N–H and O–H groups in total. The molecule has 1 aromatic carbocycles. The molecule has 110 valence electrons. The van der Waals surface area contributed by atoms with Crippen LogP contribution in [-0.2, 0) is 4.74 Å². The number of nitrogens with zero attached hydrogens (tertiary/aromatic N) is 1. The van der Waals surface area contributed by atoms with Gasteiger partial charge in [0.25, 0.3) is 5.91 Å². The first kappa shape index (κ1) is 16.3. The fourth-order valence-electron chi connectivity index (χ4n) is 1.43. The zero-order valence-corrected chi connectivity index (χ0v) is 13.0. The smallest absolute Gasteiger partial charge is 0.412 e. The number of amides is 2. The Kier molecular flexibility index (Phi) is 5.00. The van der Waals surface area contributed by atoms with Gasteiger partial charge in [-0.15, -0.1) is 0 Å². The van der Waals surface area contributed by atoms with Crippen molar-refractivity contribution in [3.8, 4) is 0 Å². The van der Waals surface area contributed by atoms with Crippen LogP contribution >= 0.6 is 11.6 Å². The summed E-state index contributed by atoms with van der Waals surface area (Å²) in [5.74, 6) is -0.196. The van der Waals surface area contributed by atoms with E-state index in [1.54, 1.807) is 47.0 Å². The molecule has 0 aliphatic carbocycles. The maximum atomic E-state index is 11.8. The number of carbonyl (C=O) groups excluding carboxylic acids is 2. The number of ether oxygens (including phenoxy) is 1. The van der Waals surface area contributed by atoms with Crippen LogP contribution < -0.4 is 5.32 Å². The maximum absolute atomic E-state index is 11.8. The third kappa shape index (κ3) is 4.74. The van der Waals surface area contributed by atoms with E-state index in [1.165, 1.54) is 11.0 Å². The Balaban J connectivity index is 2.83. The number of hydrogen-bond acceptors (Lipinski definition) is 3. The molecule has 0 aliphatic rings. The highest BCUT2D eigenvalue weighted by molar-refractivity contribution is 6.34. The highest BCUT2D eigenvalue weighted by Crippen LogP contribution is 2.22. The monoisotopic (exact) mass is 298 g/mol. The minimum Gasteiger partial charge on any atom is -0.444 e. The molecule has 1 aromatic rings. The Morgan fingerprint density at radius 3 is 2.30 bits per heavy atom. The molecule has 0 aromatic heterocycles. The van der Waals surface area contributed by atoms with Crippen LogP contribution in [0.2, 0.25) is 5.02 Å². The predicted molar refractivity (Wildman–Crippen MR) is 79.3 cm³/mol. The first-order chi connectivity index (χ1) is 9.10. The van der Waals surface area contributed by atoms with Crippen molar-refractivity contribution in [1.82, 2.24) is 4.90 Å². The highest BCUT2D eigenvalue weighted by atomic mass is 35.5. The Morgan fingerprint density at radius 1 is 1.25 bits per heavy atom. The van der Waals surface area contributed by atoms with E-state index < -0.39 is 11.7 Å². The number of nitrogens with one attached hydrogen (secondary N) is 1. The van der Waals surface area contributed by atoms with E-state index in [4.69, 9.17) is 16.3 Å². The molecular weight excluding hydrogens is 280 g/mol. The van der Waals surface area contributed by atoms with Crippen LogP contribution in [0.15, 0.2) is 18.2 Å². The van der Waals surface area contributed by atoms with Crippen molar-refractivity contribution in [2.75, 3.05) is 19.4 Å². The first-order valence-corrected chi connectivity index (χ1v) is 6.49. The van der Waals surface area contributed by atoms with Gasteiger partial charge in [0, 0.05) is 19.8 Å². The molecule has 5 nitrogen and oxygen atoms in total. The van der Waals surface area contributed by atoms with Crippen LogP contribution in [0.5, 0.6) is 0 Å². The largest absolute Gasteiger partial charge is 0.444 e. The summed E-state index contributed by atoms with van der Waals surface area (Å²) in [6.45, 7) is 5.33. The number of anilines is 1. The van der Waals surface area contributed by atoms with Gasteiger partial charge in [0.15, 0.2) is 0 Å². The zero-order valence-electron chi connectivity index (χ0n) is 12.3. The number of carbonyl (C=O) groups is 2. The minimum atomic E-state index is -0.575. The summed E-state index contributed by atoms with van der Waals surface area (Å²) in [6, 6.07) is 4.69. The van der Waals surface area contributed by atoms with Crippen LogP contribution in [0.1, 0.15) is 31.1 Å². The average Bonchev–Trinajstić information content (AvgIpc) is 2.25. The van der Waals surface area contributed by atoms with Crippen LogP contribution in [0.4, 0.5) is 10.5 Å². The lowest BCUT2D eigenvalue weighted by atomic mass is 10.2. The van der Waals surface area contributed by atoms with Crippen molar-refractivity contribution in [3.05, 3.63) is 28.8 Å². The normalized spacial score (nSPS) is 10.9. The highest BCUT2D eigenvalue weighted by Gasteiger charge is 2.17. The summed E-state index contributed by atoms with van der Waals surface area (Å²) >= 11 is 6.05. The number of rotatable bonds is 2. The fourth-order valence-corrected chi connectivity index (χ4v) is 1.69. The third-order valence-electron chi connectivity index (χ3n) is 2.25. The standard InChI is InChI=1S/C14H19ClN2O3/c1-14(2,3)20-13(19)16-9-6-7-10(11(15)8-9)12(18)17(4)5/h6-8H,1-5H3,(H,16,19). The molecule has 0 fully saturated rings. The molecule has 0 bridgehead atoms. The van der Waals surface area contributed by atoms with E-state index in [1.807, 2.05) is 0 Å². The van der Waals surface area contributed by atoms with Crippen molar-refractivity contribution in [2.45, 2.75) is 26.4 Å². The van der Waals surface area contributed by atoms with Gasteiger partial charge in [-0.3, -0.25) is 10.1 Å². The second kappa shape index (κ2) is 6.13. The van der Waals surface area contributed by atoms with Crippen molar-refractivity contribution in [2.24, 2.45) is 0 Å². The second-order valence-electron chi connectivity index (χ2n) is 5.52. The lowest BCUT2D eigenvalue weighted by Crippen LogP contribution is -2.27. The summed E-state index contributed by atoms with van der Waals surface area (Å²) in [4.78, 5) is 24.9. The molecule has 0 heterocycles. The van der Waals surface area contributed by atoms with Gasteiger partial charge in [0.1, 0.15) is 5.60 Å². The van der Waals surface area contributed by atoms with E-state index in [9.17, 15) is 9.59 Å². The topological polar surface area (TPSA) is 58.6 Å². The molecule has 0 spiro atoms. The van der Waals surface area contributed by atoms with Gasteiger partial charge in [-0.2, -0.15) is 0 Å². The molecular formula is C14H19ClN2O3. The molecule has 0 unspecified atom stereocenters. The number of hydrogen-bond donors (Lipinski definition) is 1. The lowest BCUT2D eigenvalue weighted by Gasteiger charge is -2.20. The molecule has 0 saturated carbocycles. The van der Waals surface area contributed by atoms with Crippen LogP contribution in [0.3, 0.4) is 0 Å². The van der Waals surface area contributed by atoms with E-state index in [0.29, 0.717) is 11.3 Å². The van der Waals surface area contributed by atoms with Crippen molar-refractivity contribution >= 4 is 29.3 Å². The van der Waals surface area contributed by atoms with Crippen molar-refractivity contribution in [1.29, 1.82) is 0 Å². The molecule has 0 radical (unpaired) electrons. The van der Waals surface area contributed by atoms with Crippen LogP contribution in [0.25, 0.3) is 0 Å². The van der Waals surface area contributed by atoms with Gasteiger partial charge in [0.05, 0.1) is 10.6 Å². The molecule has 20 heavy (non-hydrogen) atoms. The van der Waals surface area contributed by atoms with Crippen LogP contribution in [0, 0.1) is 0 Å². The van der Waals surface area contributed by atoms with E-state index in [-0.39, 0.29) is 10.9 Å². The Morgan fingerprint density at radius 2 is 1.85 bits per heavy atom. The van der Waals surface area contributed by atoms with Gasteiger partial charge in [0.2, 0.25) is 0 Å². The van der Waals surface area contributed by atoms with Gasteiger partial charge in [-0.1, -0.05) is 11.6 Å². The minimum absolute atomic E-state index is 0.196. The quantitative estimate of drug-likeness (QED) is 0.910. The van der Waals surface area contributed by atoms with Gasteiger partial charge in [-0.05, 0) is 39.0 Å². The number of halogens is 1. The van der Waals surface area contributed by atoms with E-state index in [2.05, 4.69) is 5.32 Å². The predicted octanol–water partition coefficient (Wildman–Crippen LogP) is 3.39. The van der Waals surface area contributed by atoms with Gasteiger partial charge in [-0.25, -0.2) is 4.79 Å². The van der Waals surface area contributed by atoms with Crippen LogP contribution in [-0.4, -0.2) is 36.6 Å². The fraction of sp³-hybridized carbons (Fsp3) is 0.429. The third-order valence-corrected chi connectivity index (χ3v) is 2.56. The molecule has 2 amide bonds. The molecule has 6 heteroatoms. The lowest BCUT2D eigenvalue weighted by molar-refractivity contribution is 0.0635. The van der Waals surface area contributed by atoms with E-state index in [0.717, 1.165) is 0 Å². The SMILES string of the molecule is CN(C)C(=O)c1ccc(NC(=O)OC(C)(C)C)cc1Cl. The summed E-state index contributed by atoms with van der Waals surface area (Å²) in [5.41, 5.74) is 0.278. The van der Waals surface area contributed by atoms with Crippen molar-refractivity contribution in [3.63, 3.8) is 0 Å². The summed E-state index contributed by atoms with van der Waals surface area (Å²) in [7, 11) is 3.29. The average molecular weight is 299 g/mol. The zero-order chi connectivity index (χ0) is 15.5. The first-order valence-electron chi connectivity index (χ1n) is 6.11. The Hall–Kier alpha value is -1.75. The molecule has 0 aliphatic heterocycles. The summed E-state index contributed by atoms with van der Waals surface area (Å²) in [6.07, 6.45) is -0.569. The van der Waals surface area contributed by atoms with Gasteiger partial charge < -0.3 is 9.64 Å². The van der Waals surface area contributed by atoms with E-state index >= 15 is 0 Å². The summed E-state index contributed by atoms with van der Waals surface area (Å²) in [5, 5.41) is 2.84. The Bertz CT molecular complexity index is 522. The second-order valence-corrected chi connectivity index (χ2v) is 5.93.